The maximum absolute atomic E-state index is 12.5. The van der Waals surface area contributed by atoms with Crippen molar-refractivity contribution in [1.29, 1.82) is 0 Å². The molecular formula is C17H15F3N2O. The van der Waals surface area contributed by atoms with Crippen LogP contribution in [-0.2, 0) is 19.0 Å². The van der Waals surface area contributed by atoms with Crippen molar-refractivity contribution in [2.24, 2.45) is 0 Å². The van der Waals surface area contributed by atoms with Crippen molar-refractivity contribution in [2.75, 3.05) is 0 Å². The molecule has 3 rings (SSSR count). The number of pyridine rings is 1. The van der Waals surface area contributed by atoms with E-state index in [0.29, 0.717) is 0 Å². The van der Waals surface area contributed by atoms with E-state index in [-0.39, 0.29) is 11.6 Å². The number of halogens is 3. The van der Waals surface area contributed by atoms with Crippen molar-refractivity contribution in [3.8, 4) is 0 Å². The minimum atomic E-state index is -4.50. The van der Waals surface area contributed by atoms with Gasteiger partial charge in [0.05, 0.1) is 5.56 Å². The maximum atomic E-state index is 12.5. The standard InChI is InChI=1S/C17H15F3N2O/c18-17(19,20)15-8-6-13(10-21-15)16(23)22-14-7-5-11-3-1-2-4-12(11)9-14/h1-4,6,8,10,14H,5,7,9H2,(H,22,23)/t14-/m0/s1. The van der Waals surface area contributed by atoms with Gasteiger partial charge >= 0.3 is 6.18 Å². The second-order valence-corrected chi connectivity index (χ2v) is 5.61. The molecule has 0 unspecified atom stereocenters. The Kier molecular flexibility index (Phi) is 4.07. The quantitative estimate of drug-likeness (QED) is 0.921. The van der Waals surface area contributed by atoms with Crippen molar-refractivity contribution in [1.82, 2.24) is 10.3 Å². The number of benzene rings is 1. The Balaban J connectivity index is 1.66. The van der Waals surface area contributed by atoms with Crippen molar-refractivity contribution < 1.29 is 18.0 Å². The highest BCUT2D eigenvalue weighted by atomic mass is 19.4. The number of nitrogens with one attached hydrogen (secondary N) is 1. The summed E-state index contributed by atoms with van der Waals surface area (Å²) in [5, 5.41) is 2.87. The lowest BCUT2D eigenvalue weighted by Gasteiger charge is -2.25. The highest BCUT2D eigenvalue weighted by Gasteiger charge is 2.32. The molecule has 6 heteroatoms. The predicted octanol–water partition coefficient (Wildman–Crippen LogP) is 3.39. The first-order valence-electron chi connectivity index (χ1n) is 7.34. The number of rotatable bonds is 2. The smallest absolute Gasteiger partial charge is 0.349 e. The molecule has 0 aliphatic heterocycles. The van der Waals surface area contributed by atoms with Gasteiger partial charge < -0.3 is 5.32 Å². The minimum absolute atomic E-state index is 0.0142. The van der Waals surface area contributed by atoms with Gasteiger partial charge in [0.2, 0.25) is 0 Å². The molecule has 1 aromatic heterocycles. The number of alkyl halides is 3. The molecular weight excluding hydrogens is 305 g/mol. The van der Waals surface area contributed by atoms with Crippen molar-refractivity contribution in [3.63, 3.8) is 0 Å². The van der Waals surface area contributed by atoms with E-state index >= 15 is 0 Å². The number of hydrogen-bond acceptors (Lipinski definition) is 2. The number of aryl methyl sites for hydroxylation is 1. The summed E-state index contributed by atoms with van der Waals surface area (Å²) in [5.74, 6) is -0.393. The van der Waals surface area contributed by atoms with Crippen LogP contribution in [0.15, 0.2) is 42.6 Å². The minimum Gasteiger partial charge on any atom is -0.349 e. The molecule has 1 heterocycles. The van der Waals surface area contributed by atoms with E-state index in [1.165, 1.54) is 11.1 Å². The van der Waals surface area contributed by atoms with Crippen LogP contribution in [-0.4, -0.2) is 16.9 Å². The third-order valence-electron chi connectivity index (χ3n) is 4.00. The molecule has 23 heavy (non-hydrogen) atoms. The van der Waals surface area contributed by atoms with Gasteiger partial charge in [0.15, 0.2) is 0 Å². The van der Waals surface area contributed by atoms with Gasteiger partial charge in [-0.25, -0.2) is 0 Å². The third-order valence-corrected chi connectivity index (χ3v) is 4.00. The number of nitrogens with zero attached hydrogens (tertiary/aromatic N) is 1. The van der Waals surface area contributed by atoms with E-state index in [4.69, 9.17) is 0 Å². The maximum Gasteiger partial charge on any atom is 0.433 e. The van der Waals surface area contributed by atoms with Crippen LogP contribution in [0.2, 0.25) is 0 Å². The SMILES string of the molecule is O=C(N[C@H]1CCc2ccccc2C1)c1ccc(C(F)(F)F)nc1. The van der Waals surface area contributed by atoms with E-state index in [2.05, 4.69) is 16.4 Å². The van der Waals surface area contributed by atoms with Crippen LogP contribution in [0.25, 0.3) is 0 Å². The predicted molar refractivity (Wildman–Crippen MR) is 79.0 cm³/mol. The summed E-state index contributed by atoms with van der Waals surface area (Å²) in [4.78, 5) is 15.5. The molecule has 0 bridgehead atoms. The fraction of sp³-hybridized carbons (Fsp3) is 0.294. The van der Waals surface area contributed by atoms with Gasteiger partial charge in [0.25, 0.3) is 5.91 Å². The van der Waals surface area contributed by atoms with Crippen LogP contribution >= 0.6 is 0 Å². The summed E-state index contributed by atoms with van der Waals surface area (Å²) in [6.45, 7) is 0. The fourth-order valence-corrected chi connectivity index (χ4v) is 2.79. The van der Waals surface area contributed by atoms with Crippen LogP contribution in [0.1, 0.15) is 33.6 Å². The Labute approximate surface area is 131 Å². The molecule has 3 nitrogen and oxygen atoms in total. The highest BCUT2D eigenvalue weighted by Crippen LogP contribution is 2.27. The summed E-state index contributed by atoms with van der Waals surface area (Å²) in [7, 11) is 0. The second-order valence-electron chi connectivity index (χ2n) is 5.61. The molecule has 0 saturated heterocycles. The topological polar surface area (TPSA) is 42.0 Å². The molecule has 1 aromatic carbocycles. The summed E-state index contributed by atoms with van der Waals surface area (Å²) in [6.07, 6.45) is -1.10. The molecule has 2 aromatic rings. The Hall–Kier alpha value is -2.37. The van der Waals surface area contributed by atoms with E-state index in [1.54, 1.807) is 0 Å². The van der Waals surface area contributed by atoms with Gasteiger partial charge in [0.1, 0.15) is 5.69 Å². The van der Waals surface area contributed by atoms with Crippen LogP contribution in [0.4, 0.5) is 13.2 Å². The Morgan fingerprint density at radius 2 is 1.87 bits per heavy atom. The van der Waals surface area contributed by atoms with Crippen LogP contribution in [0, 0.1) is 0 Å². The molecule has 120 valence electrons. The largest absolute Gasteiger partial charge is 0.433 e. The number of aromatic nitrogens is 1. The van der Waals surface area contributed by atoms with E-state index < -0.39 is 17.8 Å². The molecule has 0 spiro atoms. The molecule has 1 aliphatic carbocycles. The van der Waals surface area contributed by atoms with Gasteiger partial charge in [-0.15, -0.1) is 0 Å². The lowest BCUT2D eigenvalue weighted by Crippen LogP contribution is -2.38. The second kappa shape index (κ2) is 6.02. The van der Waals surface area contributed by atoms with Crippen LogP contribution < -0.4 is 5.32 Å². The van der Waals surface area contributed by atoms with E-state index in [1.807, 2.05) is 18.2 Å². The molecule has 1 atom stereocenters. The highest BCUT2D eigenvalue weighted by molar-refractivity contribution is 5.94. The van der Waals surface area contributed by atoms with Crippen molar-refractivity contribution in [2.45, 2.75) is 31.5 Å². The summed E-state index contributed by atoms with van der Waals surface area (Å²) < 4.78 is 37.4. The number of amides is 1. The van der Waals surface area contributed by atoms with E-state index in [9.17, 15) is 18.0 Å². The van der Waals surface area contributed by atoms with Gasteiger partial charge in [-0.05, 0) is 42.5 Å². The molecule has 1 N–H and O–H groups in total. The average molecular weight is 320 g/mol. The zero-order valence-corrected chi connectivity index (χ0v) is 12.2. The molecule has 0 fully saturated rings. The number of carbonyl (C=O) groups excluding carboxylic acids is 1. The summed E-state index contributed by atoms with van der Waals surface area (Å²) >= 11 is 0. The zero-order chi connectivity index (χ0) is 16.4. The first kappa shape index (κ1) is 15.5. The van der Waals surface area contributed by atoms with Crippen molar-refractivity contribution >= 4 is 5.91 Å². The van der Waals surface area contributed by atoms with Gasteiger partial charge in [-0.3, -0.25) is 9.78 Å². The Morgan fingerprint density at radius 1 is 1.13 bits per heavy atom. The molecule has 0 saturated carbocycles. The van der Waals surface area contributed by atoms with E-state index in [0.717, 1.165) is 37.6 Å². The molecule has 1 aliphatic rings. The van der Waals surface area contributed by atoms with Gasteiger partial charge in [0, 0.05) is 12.2 Å². The van der Waals surface area contributed by atoms with Crippen molar-refractivity contribution in [3.05, 3.63) is 65.0 Å². The normalized spacial score (nSPS) is 17.4. The van der Waals surface area contributed by atoms with Gasteiger partial charge in [-0.1, -0.05) is 24.3 Å². The summed E-state index contributed by atoms with van der Waals surface area (Å²) in [6, 6.07) is 10.0. The Morgan fingerprint density at radius 3 is 2.52 bits per heavy atom. The van der Waals surface area contributed by atoms with Gasteiger partial charge in [-0.2, -0.15) is 13.2 Å². The molecule has 1 amide bonds. The fourth-order valence-electron chi connectivity index (χ4n) is 2.79. The first-order chi connectivity index (χ1) is 10.9. The Bertz CT molecular complexity index is 711. The lowest BCUT2D eigenvalue weighted by atomic mass is 9.88. The number of hydrogen-bond donors (Lipinski definition) is 1. The summed E-state index contributed by atoms with van der Waals surface area (Å²) in [5.41, 5.74) is 1.63. The molecule has 0 radical (unpaired) electrons. The monoisotopic (exact) mass is 320 g/mol. The third kappa shape index (κ3) is 3.52. The first-order valence-corrected chi connectivity index (χ1v) is 7.34. The number of carbonyl (C=O) groups is 1. The van der Waals surface area contributed by atoms with Crippen LogP contribution in [0.3, 0.4) is 0 Å². The lowest BCUT2D eigenvalue weighted by molar-refractivity contribution is -0.141. The van der Waals surface area contributed by atoms with Crippen LogP contribution in [0.5, 0.6) is 0 Å². The average Bonchev–Trinajstić information content (AvgIpc) is 2.54. The zero-order valence-electron chi connectivity index (χ0n) is 12.2. The number of fused-ring (bicyclic) bond motifs is 1.